The van der Waals surface area contributed by atoms with Gasteiger partial charge in [-0.2, -0.15) is 5.10 Å². The summed E-state index contributed by atoms with van der Waals surface area (Å²) in [6.45, 7) is 8.30. The highest BCUT2D eigenvalue weighted by Gasteiger charge is 2.19. The molecule has 0 unspecified atom stereocenters. The molecule has 1 amide bonds. The number of H-pyrrole nitrogens is 1. The molecule has 0 atom stereocenters. The number of aromatic amines is 1. The number of hydrogen-bond acceptors (Lipinski definition) is 4. The lowest BCUT2D eigenvalue weighted by Gasteiger charge is -2.23. The summed E-state index contributed by atoms with van der Waals surface area (Å²) in [6.07, 6.45) is 0. The second-order valence-corrected chi connectivity index (χ2v) is 7.97. The van der Waals surface area contributed by atoms with Crippen molar-refractivity contribution in [1.82, 2.24) is 10.2 Å². The zero-order valence-electron chi connectivity index (χ0n) is 17.1. The van der Waals surface area contributed by atoms with Crippen LogP contribution in [0.1, 0.15) is 31.9 Å². The third-order valence-corrected chi connectivity index (χ3v) is 4.42. The molecule has 1 heterocycles. The predicted octanol–water partition coefficient (Wildman–Crippen LogP) is 4.06. The highest BCUT2D eigenvalue weighted by atomic mass is 16.5. The van der Waals surface area contributed by atoms with Crippen LogP contribution >= 0.6 is 0 Å². The number of benzene rings is 2. The van der Waals surface area contributed by atoms with E-state index in [-0.39, 0.29) is 23.5 Å². The van der Waals surface area contributed by atoms with Gasteiger partial charge in [0.05, 0.1) is 5.69 Å². The molecule has 0 radical (unpaired) electrons. The molecule has 0 aliphatic rings. The van der Waals surface area contributed by atoms with Gasteiger partial charge in [-0.05, 0) is 42.2 Å². The number of carbonyl (C=O) groups excluding carboxylic acids is 1. The van der Waals surface area contributed by atoms with Crippen LogP contribution in [0.2, 0.25) is 0 Å². The van der Waals surface area contributed by atoms with Crippen molar-refractivity contribution in [2.24, 2.45) is 0 Å². The smallest absolute Gasteiger partial charge is 0.264 e. The molecule has 0 fully saturated rings. The summed E-state index contributed by atoms with van der Waals surface area (Å²) >= 11 is 0. The Labute approximate surface area is 169 Å². The number of rotatable bonds is 5. The molecule has 0 bridgehead atoms. The Hall–Kier alpha value is -3.41. The first kappa shape index (κ1) is 20.3. The van der Waals surface area contributed by atoms with Crippen LogP contribution in [0.15, 0.2) is 59.4 Å². The van der Waals surface area contributed by atoms with Crippen molar-refractivity contribution in [1.29, 1.82) is 0 Å². The van der Waals surface area contributed by atoms with E-state index >= 15 is 0 Å². The molecule has 3 rings (SSSR count). The summed E-state index contributed by atoms with van der Waals surface area (Å²) in [5.41, 5.74) is 3.90. The topological polar surface area (TPSA) is 84.1 Å². The van der Waals surface area contributed by atoms with Crippen LogP contribution < -0.4 is 15.6 Å². The number of aromatic nitrogens is 2. The molecule has 29 heavy (non-hydrogen) atoms. The van der Waals surface area contributed by atoms with E-state index < -0.39 is 0 Å². The maximum atomic E-state index is 12.4. The molecule has 150 valence electrons. The largest absolute Gasteiger partial charge is 0.483 e. The van der Waals surface area contributed by atoms with E-state index in [2.05, 4.69) is 42.4 Å². The van der Waals surface area contributed by atoms with Crippen LogP contribution in [0.25, 0.3) is 11.3 Å². The van der Waals surface area contributed by atoms with E-state index in [0.717, 1.165) is 16.7 Å². The molecule has 0 aliphatic heterocycles. The Kier molecular flexibility index (Phi) is 5.82. The summed E-state index contributed by atoms with van der Waals surface area (Å²) in [7, 11) is 0. The molecular formula is C23H25N3O3. The fourth-order valence-electron chi connectivity index (χ4n) is 2.96. The van der Waals surface area contributed by atoms with Crippen LogP contribution in [-0.2, 0) is 10.2 Å². The number of aryl methyl sites for hydroxylation is 1. The van der Waals surface area contributed by atoms with E-state index in [1.807, 2.05) is 31.2 Å². The van der Waals surface area contributed by atoms with Crippen molar-refractivity contribution in [2.75, 3.05) is 11.9 Å². The standard InChI is InChI=1S/C23H25N3O3/c1-15-8-10-20(18(12-15)23(2,3)4)29-14-22(28)24-17-7-5-6-16(13-17)19-9-11-21(27)26-25-19/h5-13H,14H2,1-4H3,(H,24,28)(H,26,27). The van der Waals surface area contributed by atoms with Crippen LogP contribution in [0.5, 0.6) is 5.75 Å². The normalized spacial score (nSPS) is 11.2. The molecule has 0 spiro atoms. The van der Waals surface area contributed by atoms with Crippen molar-refractivity contribution in [3.8, 4) is 17.0 Å². The van der Waals surface area contributed by atoms with Gasteiger partial charge in [0.2, 0.25) is 0 Å². The SMILES string of the molecule is Cc1ccc(OCC(=O)Nc2cccc(-c3ccc(=O)[nH]n3)c2)c(C(C)(C)C)c1. The average molecular weight is 391 g/mol. The van der Waals surface area contributed by atoms with Crippen molar-refractivity contribution in [3.63, 3.8) is 0 Å². The van der Waals surface area contributed by atoms with E-state index in [0.29, 0.717) is 17.1 Å². The molecule has 2 N–H and O–H groups in total. The zero-order valence-corrected chi connectivity index (χ0v) is 17.1. The van der Waals surface area contributed by atoms with Crippen molar-refractivity contribution in [2.45, 2.75) is 33.1 Å². The maximum Gasteiger partial charge on any atom is 0.264 e. The molecule has 2 aromatic carbocycles. The molecule has 3 aromatic rings. The minimum atomic E-state index is -0.263. The lowest BCUT2D eigenvalue weighted by atomic mass is 9.85. The molecule has 0 saturated carbocycles. The van der Waals surface area contributed by atoms with Gasteiger partial charge in [-0.3, -0.25) is 9.59 Å². The van der Waals surface area contributed by atoms with Crippen molar-refractivity contribution >= 4 is 11.6 Å². The highest BCUT2D eigenvalue weighted by Crippen LogP contribution is 2.32. The summed E-state index contributed by atoms with van der Waals surface area (Å²) in [6, 6.07) is 16.3. The number of nitrogens with one attached hydrogen (secondary N) is 2. The Morgan fingerprint density at radius 2 is 1.90 bits per heavy atom. The summed E-state index contributed by atoms with van der Waals surface area (Å²) in [5, 5.41) is 9.25. The molecule has 0 aliphatic carbocycles. The first-order chi connectivity index (χ1) is 13.7. The molecule has 0 saturated heterocycles. The van der Waals surface area contributed by atoms with Gasteiger partial charge in [-0.15, -0.1) is 0 Å². The summed E-state index contributed by atoms with van der Waals surface area (Å²) < 4.78 is 5.82. The lowest BCUT2D eigenvalue weighted by molar-refractivity contribution is -0.118. The van der Waals surface area contributed by atoms with E-state index in [1.165, 1.54) is 6.07 Å². The van der Waals surface area contributed by atoms with E-state index in [1.54, 1.807) is 18.2 Å². The first-order valence-electron chi connectivity index (χ1n) is 9.42. The number of amides is 1. The molecule has 6 heteroatoms. The van der Waals surface area contributed by atoms with E-state index in [4.69, 9.17) is 4.74 Å². The number of carbonyl (C=O) groups is 1. The Balaban J connectivity index is 1.69. The summed E-state index contributed by atoms with van der Waals surface area (Å²) in [4.78, 5) is 23.6. The second-order valence-electron chi connectivity index (χ2n) is 7.97. The number of ether oxygens (including phenoxy) is 1. The molecule has 1 aromatic heterocycles. The van der Waals surface area contributed by atoms with Gasteiger partial charge < -0.3 is 10.1 Å². The Morgan fingerprint density at radius 3 is 2.59 bits per heavy atom. The Morgan fingerprint density at radius 1 is 1.10 bits per heavy atom. The van der Waals surface area contributed by atoms with Crippen molar-refractivity contribution < 1.29 is 9.53 Å². The monoisotopic (exact) mass is 391 g/mol. The van der Waals surface area contributed by atoms with Gasteiger partial charge in [0.25, 0.3) is 11.5 Å². The Bertz CT molecular complexity index is 1060. The van der Waals surface area contributed by atoms with Gasteiger partial charge in [-0.25, -0.2) is 5.10 Å². The minimum absolute atomic E-state index is 0.0875. The predicted molar refractivity (Wildman–Crippen MR) is 114 cm³/mol. The van der Waals surface area contributed by atoms with Crippen molar-refractivity contribution in [3.05, 3.63) is 76.1 Å². The number of hydrogen-bond donors (Lipinski definition) is 2. The molecular weight excluding hydrogens is 366 g/mol. The fraction of sp³-hybridized carbons (Fsp3) is 0.261. The number of nitrogens with zero attached hydrogens (tertiary/aromatic N) is 1. The third-order valence-electron chi connectivity index (χ3n) is 4.42. The maximum absolute atomic E-state index is 12.4. The fourth-order valence-corrected chi connectivity index (χ4v) is 2.96. The van der Waals surface area contributed by atoms with Crippen LogP contribution in [0, 0.1) is 6.92 Å². The quantitative estimate of drug-likeness (QED) is 0.687. The van der Waals surface area contributed by atoms with Crippen LogP contribution in [0.4, 0.5) is 5.69 Å². The minimum Gasteiger partial charge on any atom is -0.483 e. The van der Waals surface area contributed by atoms with Gasteiger partial charge in [0.15, 0.2) is 6.61 Å². The van der Waals surface area contributed by atoms with Gasteiger partial charge in [0.1, 0.15) is 5.75 Å². The first-order valence-corrected chi connectivity index (χ1v) is 9.42. The zero-order chi connectivity index (χ0) is 21.0. The third kappa shape index (κ3) is 5.31. The van der Waals surface area contributed by atoms with Crippen LogP contribution in [-0.4, -0.2) is 22.7 Å². The molecule has 6 nitrogen and oxygen atoms in total. The second kappa shape index (κ2) is 8.31. The lowest BCUT2D eigenvalue weighted by Crippen LogP contribution is -2.22. The summed E-state index contributed by atoms with van der Waals surface area (Å²) in [5.74, 6) is 0.460. The van der Waals surface area contributed by atoms with E-state index in [9.17, 15) is 9.59 Å². The highest BCUT2D eigenvalue weighted by molar-refractivity contribution is 5.92. The number of anilines is 1. The van der Waals surface area contributed by atoms with Gasteiger partial charge >= 0.3 is 0 Å². The van der Waals surface area contributed by atoms with Gasteiger partial charge in [0, 0.05) is 17.3 Å². The average Bonchev–Trinajstić information content (AvgIpc) is 2.67. The van der Waals surface area contributed by atoms with Crippen LogP contribution in [0.3, 0.4) is 0 Å². The van der Waals surface area contributed by atoms with Gasteiger partial charge in [-0.1, -0.05) is 50.6 Å².